The number of carbonyl (C=O) groups is 1. The molecular weight excluding hydrogens is 333 g/mol. The first-order chi connectivity index (χ1) is 12.5. The van der Waals surface area contributed by atoms with Crippen molar-refractivity contribution in [3.8, 4) is 18.1 Å². The van der Waals surface area contributed by atoms with E-state index in [0.29, 0.717) is 17.9 Å². The van der Waals surface area contributed by atoms with E-state index >= 15 is 0 Å². The van der Waals surface area contributed by atoms with Crippen LogP contribution < -0.4 is 10.1 Å². The number of unbranched alkanes of at least 4 members (excludes halogenated alkanes) is 3. The molecule has 0 aliphatic carbocycles. The fourth-order valence-electron chi connectivity index (χ4n) is 2.58. The van der Waals surface area contributed by atoms with Crippen LogP contribution in [0.15, 0.2) is 24.3 Å². The highest BCUT2D eigenvalue weighted by atomic mass is 19.1. The molecular formula is C20H24FN3O2. The summed E-state index contributed by atoms with van der Waals surface area (Å²) in [5.41, 5.74) is 1.56. The van der Waals surface area contributed by atoms with Gasteiger partial charge in [-0.05, 0) is 38.3 Å². The number of ether oxygens (including phenoxy) is 1. The molecule has 0 bridgehead atoms. The first kappa shape index (κ1) is 19.5. The Morgan fingerprint density at radius 1 is 1.38 bits per heavy atom. The van der Waals surface area contributed by atoms with E-state index in [2.05, 4.69) is 16.3 Å². The van der Waals surface area contributed by atoms with Crippen molar-refractivity contribution in [2.45, 2.75) is 39.2 Å². The molecule has 1 aromatic carbocycles. The van der Waals surface area contributed by atoms with E-state index < -0.39 is 5.82 Å². The summed E-state index contributed by atoms with van der Waals surface area (Å²) < 4.78 is 21.5. The van der Waals surface area contributed by atoms with Crippen LogP contribution in [-0.2, 0) is 13.6 Å². The van der Waals surface area contributed by atoms with E-state index in [0.717, 1.165) is 31.4 Å². The van der Waals surface area contributed by atoms with Gasteiger partial charge in [-0.25, -0.2) is 4.39 Å². The third-order valence-corrected chi connectivity index (χ3v) is 3.94. The Morgan fingerprint density at radius 3 is 2.88 bits per heavy atom. The minimum atomic E-state index is -0.447. The third kappa shape index (κ3) is 5.35. The number of aryl methyl sites for hydroxylation is 2. The molecule has 0 radical (unpaired) electrons. The number of aromatic nitrogens is 2. The number of carbonyl (C=O) groups excluding carboxylic acids is 1. The molecule has 0 unspecified atom stereocenters. The van der Waals surface area contributed by atoms with Crippen molar-refractivity contribution in [3.05, 3.63) is 47.0 Å². The third-order valence-electron chi connectivity index (χ3n) is 3.94. The zero-order chi connectivity index (χ0) is 18.9. The number of rotatable bonds is 9. The Hall–Kier alpha value is -2.81. The number of nitrogens with zero attached hydrogens (tertiary/aromatic N) is 2. The van der Waals surface area contributed by atoms with Gasteiger partial charge >= 0.3 is 0 Å². The minimum absolute atomic E-state index is 0.0776. The van der Waals surface area contributed by atoms with E-state index in [9.17, 15) is 9.18 Å². The highest BCUT2D eigenvalue weighted by molar-refractivity contribution is 5.92. The molecule has 0 fully saturated rings. The minimum Gasteiger partial charge on any atom is -0.491 e. The van der Waals surface area contributed by atoms with Crippen molar-refractivity contribution in [3.63, 3.8) is 0 Å². The van der Waals surface area contributed by atoms with Crippen molar-refractivity contribution in [2.75, 3.05) is 6.61 Å². The van der Waals surface area contributed by atoms with Crippen molar-refractivity contribution in [2.24, 2.45) is 7.05 Å². The lowest BCUT2D eigenvalue weighted by Gasteiger charge is -2.11. The van der Waals surface area contributed by atoms with E-state index in [-0.39, 0.29) is 18.2 Å². The predicted octanol–water partition coefficient (Wildman–Crippen LogP) is 3.37. The second-order valence-corrected chi connectivity index (χ2v) is 6.07. The molecule has 2 rings (SSSR count). The van der Waals surface area contributed by atoms with Gasteiger partial charge in [-0.2, -0.15) is 5.10 Å². The number of amides is 1. The molecule has 0 saturated heterocycles. The van der Waals surface area contributed by atoms with Crippen LogP contribution in [0.2, 0.25) is 0 Å². The molecule has 2 aromatic rings. The average molecular weight is 357 g/mol. The van der Waals surface area contributed by atoms with Crippen LogP contribution in [0, 0.1) is 25.1 Å². The lowest BCUT2D eigenvalue weighted by Crippen LogP contribution is -2.25. The van der Waals surface area contributed by atoms with Crippen LogP contribution in [0.5, 0.6) is 5.75 Å². The largest absolute Gasteiger partial charge is 0.491 e. The molecule has 0 spiro atoms. The maximum Gasteiger partial charge on any atom is 0.269 e. The van der Waals surface area contributed by atoms with Crippen molar-refractivity contribution in [1.29, 1.82) is 0 Å². The molecule has 0 atom stereocenters. The molecule has 6 heteroatoms. The van der Waals surface area contributed by atoms with Gasteiger partial charge in [-0.3, -0.25) is 9.48 Å². The molecule has 0 aliphatic heterocycles. The SMILES string of the molecule is C#CCCCCCOc1cccc(CNC(=O)c2cc(C)nn2C)c1F. The first-order valence-electron chi connectivity index (χ1n) is 8.65. The van der Waals surface area contributed by atoms with Crippen molar-refractivity contribution in [1.82, 2.24) is 15.1 Å². The van der Waals surface area contributed by atoms with E-state index in [1.54, 1.807) is 31.3 Å². The zero-order valence-corrected chi connectivity index (χ0v) is 15.2. The molecule has 1 amide bonds. The summed E-state index contributed by atoms with van der Waals surface area (Å²) in [6, 6.07) is 6.62. The monoisotopic (exact) mass is 357 g/mol. The van der Waals surface area contributed by atoms with Crippen LogP contribution in [0.3, 0.4) is 0 Å². The van der Waals surface area contributed by atoms with E-state index in [4.69, 9.17) is 11.2 Å². The quantitative estimate of drug-likeness (QED) is 0.553. The molecule has 138 valence electrons. The van der Waals surface area contributed by atoms with Gasteiger partial charge in [0.25, 0.3) is 5.91 Å². The number of benzene rings is 1. The normalized spacial score (nSPS) is 10.4. The van der Waals surface area contributed by atoms with Crippen LogP contribution in [0.4, 0.5) is 4.39 Å². The van der Waals surface area contributed by atoms with Crippen LogP contribution in [-0.4, -0.2) is 22.3 Å². The molecule has 1 heterocycles. The smallest absolute Gasteiger partial charge is 0.269 e. The standard InChI is InChI=1S/C20H24FN3O2/c1-4-5-6-7-8-12-26-18-11-9-10-16(19(18)21)14-22-20(25)17-13-15(2)23-24(17)3/h1,9-11,13H,5-8,12,14H2,2-3H3,(H,22,25). The van der Waals surface area contributed by atoms with Gasteiger partial charge in [0.05, 0.1) is 12.3 Å². The number of hydrogen-bond donors (Lipinski definition) is 1. The second-order valence-electron chi connectivity index (χ2n) is 6.07. The molecule has 1 aromatic heterocycles. The molecule has 1 N–H and O–H groups in total. The van der Waals surface area contributed by atoms with Gasteiger partial charge < -0.3 is 10.1 Å². The Labute approximate surface area is 153 Å². The maximum absolute atomic E-state index is 14.5. The topological polar surface area (TPSA) is 56.1 Å². The predicted molar refractivity (Wildman–Crippen MR) is 98.3 cm³/mol. The van der Waals surface area contributed by atoms with Gasteiger partial charge in [-0.1, -0.05) is 12.1 Å². The van der Waals surface area contributed by atoms with Gasteiger partial charge in [0.2, 0.25) is 0 Å². The summed E-state index contributed by atoms with van der Waals surface area (Å²) in [6.45, 7) is 2.32. The Kier molecular flexibility index (Phi) is 7.22. The number of halogens is 1. The summed E-state index contributed by atoms with van der Waals surface area (Å²) in [6.07, 6.45) is 8.67. The molecule has 26 heavy (non-hydrogen) atoms. The molecule has 5 nitrogen and oxygen atoms in total. The molecule has 0 aliphatic rings. The first-order valence-corrected chi connectivity index (χ1v) is 8.65. The number of hydrogen-bond acceptors (Lipinski definition) is 3. The van der Waals surface area contributed by atoms with Gasteiger partial charge in [0.1, 0.15) is 5.69 Å². The van der Waals surface area contributed by atoms with Crippen molar-refractivity contribution < 1.29 is 13.9 Å². The van der Waals surface area contributed by atoms with E-state index in [1.807, 2.05) is 6.92 Å². The van der Waals surface area contributed by atoms with E-state index in [1.165, 1.54) is 4.68 Å². The highest BCUT2D eigenvalue weighted by Gasteiger charge is 2.14. The summed E-state index contributed by atoms with van der Waals surface area (Å²) >= 11 is 0. The van der Waals surface area contributed by atoms with Gasteiger partial charge in [-0.15, -0.1) is 12.3 Å². The fraction of sp³-hybridized carbons (Fsp3) is 0.400. The van der Waals surface area contributed by atoms with Gasteiger partial charge in [0, 0.05) is 25.6 Å². The number of nitrogens with one attached hydrogen (secondary N) is 1. The number of terminal acetylenes is 1. The highest BCUT2D eigenvalue weighted by Crippen LogP contribution is 2.21. The van der Waals surface area contributed by atoms with Crippen LogP contribution in [0.1, 0.15) is 47.4 Å². The summed E-state index contributed by atoms with van der Waals surface area (Å²) in [5.74, 6) is 2.05. The van der Waals surface area contributed by atoms with Crippen LogP contribution in [0.25, 0.3) is 0 Å². The van der Waals surface area contributed by atoms with Crippen molar-refractivity contribution >= 4 is 5.91 Å². The summed E-state index contributed by atoms with van der Waals surface area (Å²) in [5, 5.41) is 6.84. The Morgan fingerprint density at radius 2 is 2.19 bits per heavy atom. The summed E-state index contributed by atoms with van der Waals surface area (Å²) in [4.78, 5) is 12.2. The lowest BCUT2D eigenvalue weighted by atomic mass is 10.2. The maximum atomic E-state index is 14.5. The Balaban J connectivity index is 1.89. The second kappa shape index (κ2) is 9.62. The Bertz CT molecular complexity index is 793. The molecule has 0 saturated carbocycles. The fourth-order valence-corrected chi connectivity index (χ4v) is 2.58. The van der Waals surface area contributed by atoms with Gasteiger partial charge in [0.15, 0.2) is 11.6 Å². The zero-order valence-electron chi connectivity index (χ0n) is 15.2. The summed E-state index contributed by atoms with van der Waals surface area (Å²) in [7, 11) is 1.69. The lowest BCUT2D eigenvalue weighted by molar-refractivity contribution is 0.0941. The van der Waals surface area contributed by atoms with Crippen LogP contribution >= 0.6 is 0 Å². The average Bonchev–Trinajstić information content (AvgIpc) is 2.96.